The second kappa shape index (κ2) is 3.18. The Hall–Kier alpha value is 0.350. The van der Waals surface area contributed by atoms with Crippen molar-refractivity contribution in [1.82, 2.24) is 4.67 Å². The molecule has 1 saturated carbocycles. The molecule has 2 nitrogen and oxygen atoms in total. The van der Waals surface area contributed by atoms with Gasteiger partial charge in [0.25, 0.3) is 0 Å². The van der Waals surface area contributed by atoms with Crippen LogP contribution in [0.4, 0.5) is 0 Å². The van der Waals surface area contributed by atoms with Crippen LogP contribution in [-0.4, -0.2) is 30.0 Å². The van der Waals surface area contributed by atoms with Gasteiger partial charge in [0.15, 0.2) is 0 Å². The van der Waals surface area contributed by atoms with Gasteiger partial charge in [-0.3, -0.25) is 4.67 Å². The third kappa shape index (κ3) is 1.26. The molecule has 0 amide bonds. The second-order valence-electron chi connectivity index (χ2n) is 4.64. The molecule has 1 aliphatic carbocycles. The molecule has 0 aromatic heterocycles. The zero-order valence-electron chi connectivity index (χ0n) is 8.28. The standard InChI is InChI=1S/C10H18NOP/c1-13-11-9(7-12-13)6-8-4-2-3-5-10(8)11/h8-10H,2-7H2,1H3. The fourth-order valence-electron chi connectivity index (χ4n) is 3.38. The van der Waals surface area contributed by atoms with Gasteiger partial charge in [-0.25, -0.2) is 0 Å². The number of nitrogens with zero attached hydrogens (tertiary/aromatic N) is 1. The van der Waals surface area contributed by atoms with E-state index in [9.17, 15) is 0 Å². The highest BCUT2D eigenvalue weighted by atomic mass is 31.2. The van der Waals surface area contributed by atoms with Crippen LogP contribution in [-0.2, 0) is 4.52 Å². The molecule has 0 N–H and O–H groups in total. The predicted octanol–water partition coefficient (Wildman–Crippen LogP) is 2.59. The molecular formula is C10H18NOP. The van der Waals surface area contributed by atoms with Crippen molar-refractivity contribution in [2.24, 2.45) is 5.92 Å². The van der Waals surface area contributed by atoms with Gasteiger partial charge < -0.3 is 4.52 Å². The van der Waals surface area contributed by atoms with E-state index in [2.05, 4.69) is 11.3 Å². The van der Waals surface area contributed by atoms with E-state index >= 15 is 0 Å². The van der Waals surface area contributed by atoms with Crippen LogP contribution in [0, 0.1) is 5.92 Å². The van der Waals surface area contributed by atoms with Crippen LogP contribution < -0.4 is 0 Å². The van der Waals surface area contributed by atoms with Gasteiger partial charge in [0, 0.05) is 12.1 Å². The van der Waals surface area contributed by atoms with Gasteiger partial charge in [-0.05, 0) is 31.8 Å². The van der Waals surface area contributed by atoms with Crippen molar-refractivity contribution < 1.29 is 4.52 Å². The van der Waals surface area contributed by atoms with Gasteiger partial charge in [-0.15, -0.1) is 0 Å². The lowest BCUT2D eigenvalue weighted by Crippen LogP contribution is -2.32. The lowest BCUT2D eigenvalue weighted by Gasteiger charge is -2.32. The summed E-state index contributed by atoms with van der Waals surface area (Å²) < 4.78 is 8.48. The van der Waals surface area contributed by atoms with E-state index in [0.29, 0.717) is 0 Å². The normalized spacial score (nSPS) is 50.5. The highest BCUT2D eigenvalue weighted by Crippen LogP contribution is 2.56. The van der Waals surface area contributed by atoms with Crippen LogP contribution in [0.2, 0.25) is 0 Å². The maximum Gasteiger partial charge on any atom is 0.101 e. The topological polar surface area (TPSA) is 12.5 Å². The lowest BCUT2D eigenvalue weighted by atomic mass is 9.85. The molecule has 2 saturated heterocycles. The Kier molecular flexibility index (Phi) is 2.12. The van der Waals surface area contributed by atoms with Crippen molar-refractivity contribution in [1.29, 1.82) is 0 Å². The van der Waals surface area contributed by atoms with Gasteiger partial charge >= 0.3 is 0 Å². The number of hydrogen-bond acceptors (Lipinski definition) is 2. The van der Waals surface area contributed by atoms with Crippen molar-refractivity contribution in [2.75, 3.05) is 13.3 Å². The van der Waals surface area contributed by atoms with Gasteiger partial charge in [0.05, 0.1) is 6.61 Å². The molecule has 3 aliphatic rings. The number of hydrogen-bond donors (Lipinski definition) is 0. The average molecular weight is 199 g/mol. The molecule has 3 rings (SSSR count). The van der Waals surface area contributed by atoms with Crippen LogP contribution in [0.3, 0.4) is 0 Å². The Balaban J connectivity index is 1.81. The fraction of sp³-hybridized carbons (Fsp3) is 1.00. The summed E-state index contributed by atoms with van der Waals surface area (Å²) in [5.74, 6) is 1.02. The van der Waals surface area contributed by atoms with Gasteiger partial charge in [-0.1, -0.05) is 12.8 Å². The fourth-order valence-corrected chi connectivity index (χ4v) is 5.25. The highest BCUT2D eigenvalue weighted by Gasteiger charge is 2.47. The number of fused-ring (bicyclic) bond motifs is 3. The summed E-state index contributed by atoms with van der Waals surface area (Å²) in [4.78, 5) is 0. The Morgan fingerprint density at radius 3 is 3.08 bits per heavy atom. The molecule has 4 atom stereocenters. The van der Waals surface area contributed by atoms with Crippen molar-refractivity contribution in [3.63, 3.8) is 0 Å². The van der Waals surface area contributed by atoms with E-state index in [1.807, 2.05) is 0 Å². The molecular weight excluding hydrogens is 181 g/mol. The molecule has 0 aromatic carbocycles. The molecule has 0 spiro atoms. The Morgan fingerprint density at radius 1 is 1.31 bits per heavy atom. The van der Waals surface area contributed by atoms with Crippen LogP contribution in [0.1, 0.15) is 32.1 Å². The molecule has 0 bridgehead atoms. The second-order valence-corrected chi connectivity index (χ2v) is 6.29. The lowest BCUT2D eigenvalue weighted by molar-refractivity contribution is 0.262. The maximum atomic E-state index is 5.76. The Labute approximate surface area is 81.5 Å². The monoisotopic (exact) mass is 199 g/mol. The summed E-state index contributed by atoms with van der Waals surface area (Å²) in [6.07, 6.45) is 7.28. The predicted molar refractivity (Wildman–Crippen MR) is 54.8 cm³/mol. The first-order valence-corrected chi connectivity index (χ1v) is 7.17. The van der Waals surface area contributed by atoms with Crippen LogP contribution >= 0.6 is 8.30 Å². The zero-order valence-corrected chi connectivity index (χ0v) is 9.17. The largest absolute Gasteiger partial charge is 0.342 e. The average Bonchev–Trinajstić information content (AvgIpc) is 2.66. The van der Waals surface area contributed by atoms with E-state index in [1.165, 1.54) is 32.1 Å². The first kappa shape index (κ1) is 8.64. The first-order valence-electron chi connectivity index (χ1n) is 5.51. The molecule has 0 radical (unpaired) electrons. The molecule has 3 heteroatoms. The minimum absolute atomic E-state index is 0.216. The highest BCUT2D eigenvalue weighted by molar-refractivity contribution is 7.49. The molecule has 2 heterocycles. The van der Waals surface area contributed by atoms with Gasteiger partial charge in [0.1, 0.15) is 8.30 Å². The molecule has 74 valence electrons. The van der Waals surface area contributed by atoms with Crippen molar-refractivity contribution in [3.05, 3.63) is 0 Å². The third-order valence-corrected chi connectivity index (χ3v) is 5.73. The zero-order chi connectivity index (χ0) is 8.84. The minimum atomic E-state index is -0.216. The van der Waals surface area contributed by atoms with Crippen LogP contribution in [0.5, 0.6) is 0 Å². The van der Waals surface area contributed by atoms with Crippen molar-refractivity contribution >= 4 is 8.30 Å². The number of rotatable bonds is 0. The van der Waals surface area contributed by atoms with Crippen molar-refractivity contribution in [3.8, 4) is 0 Å². The van der Waals surface area contributed by atoms with E-state index < -0.39 is 0 Å². The summed E-state index contributed by atoms with van der Waals surface area (Å²) in [7, 11) is -0.216. The van der Waals surface area contributed by atoms with E-state index in [4.69, 9.17) is 4.52 Å². The minimum Gasteiger partial charge on any atom is -0.342 e. The van der Waals surface area contributed by atoms with E-state index in [-0.39, 0.29) is 8.30 Å². The molecule has 2 aliphatic heterocycles. The van der Waals surface area contributed by atoms with Gasteiger partial charge in [-0.2, -0.15) is 0 Å². The third-order valence-electron chi connectivity index (χ3n) is 3.94. The molecule has 3 fully saturated rings. The van der Waals surface area contributed by atoms with E-state index in [0.717, 1.165) is 24.6 Å². The molecule has 0 aromatic rings. The van der Waals surface area contributed by atoms with Crippen molar-refractivity contribution in [2.45, 2.75) is 44.2 Å². The summed E-state index contributed by atoms with van der Waals surface area (Å²) >= 11 is 0. The summed E-state index contributed by atoms with van der Waals surface area (Å²) in [5, 5.41) is 0. The summed E-state index contributed by atoms with van der Waals surface area (Å²) in [6, 6.07) is 1.70. The molecule has 13 heavy (non-hydrogen) atoms. The van der Waals surface area contributed by atoms with Crippen LogP contribution in [0.15, 0.2) is 0 Å². The smallest absolute Gasteiger partial charge is 0.101 e. The Morgan fingerprint density at radius 2 is 2.15 bits per heavy atom. The SMILES string of the molecule is CP1OCC2CC3CCCCC3N21. The quantitative estimate of drug-likeness (QED) is 0.556. The van der Waals surface area contributed by atoms with Crippen LogP contribution in [0.25, 0.3) is 0 Å². The van der Waals surface area contributed by atoms with E-state index in [1.54, 1.807) is 0 Å². The van der Waals surface area contributed by atoms with Gasteiger partial charge in [0.2, 0.25) is 0 Å². The maximum absolute atomic E-state index is 5.76. The summed E-state index contributed by atoms with van der Waals surface area (Å²) in [6.45, 7) is 3.31. The first-order chi connectivity index (χ1) is 6.36. The molecule has 4 unspecified atom stereocenters. The summed E-state index contributed by atoms with van der Waals surface area (Å²) in [5.41, 5.74) is 0. The Bertz CT molecular complexity index is 209.